The molecule has 1 fully saturated rings. The number of rotatable bonds is 0. The monoisotopic (exact) mass is 135 g/mol. The zero-order valence-electron chi connectivity index (χ0n) is 6.33. The van der Waals surface area contributed by atoms with E-state index in [2.05, 4.69) is 24.1 Å². The molecular weight excluding hydrogens is 122 g/mol. The van der Waals surface area contributed by atoms with E-state index in [0.29, 0.717) is 6.04 Å². The smallest absolute Gasteiger partial charge is 0.0564 e. The summed E-state index contributed by atoms with van der Waals surface area (Å²) in [6.07, 6.45) is 8.98. The fourth-order valence-corrected chi connectivity index (χ4v) is 2.04. The fraction of sp³-hybridized carbons (Fsp3) is 0.667. The third-order valence-electron chi connectivity index (χ3n) is 2.53. The van der Waals surface area contributed by atoms with Crippen LogP contribution in [0.15, 0.2) is 17.1 Å². The second-order valence-electron chi connectivity index (χ2n) is 3.49. The van der Waals surface area contributed by atoms with Gasteiger partial charge in [-0.3, -0.25) is 4.99 Å². The van der Waals surface area contributed by atoms with Crippen molar-refractivity contribution in [3.05, 3.63) is 12.2 Å². The Bertz CT molecular complexity index is 161. The predicted octanol–water partition coefficient (Wildman–Crippen LogP) is 2.04. The van der Waals surface area contributed by atoms with Gasteiger partial charge in [-0.05, 0) is 30.8 Å². The van der Waals surface area contributed by atoms with Crippen LogP contribution >= 0.6 is 0 Å². The molecule has 1 heterocycles. The van der Waals surface area contributed by atoms with Crippen molar-refractivity contribution in [1.82, 2.24) is 0 Å². The van der Waals surface area contributed by atoms with Gasteiger partial charge in [0.25, 0.3) is 0 Å². The summed E-state index contributed by atoms with van der Waals surface area (Å²) in [6.45, 7) is 2.32. The molecule has 3 unspecified atom stereocenters. The van der Waals surface area contributed by atoms with Crippen LogP contribution in [0.4, 0.5) is 0 Å². The minimum atomic E-state index is 0.625. The Morgan fingerprint density at radius 1 is 1.40 bits per heavy atom. The van der Waals surface area contributed by atoms with Crippen molar-refractivity contribution < 1.29 is 0 Å². The van der Waals surface area contributed by atoms with Gasteiger partial charge in [-0.2, -0.15) is 0 Å². The number of dihydropyridines is 1. The molecule has 1 nitrogen and oxygen atoms in total. The van der Waals surface area contributed by atoms with E-state index in [1.165, 1.54) is 12.8 Å². The van der Waals surface area contributed by atoms with Crippen molar-refractivity contribution in [1.29, 1.82) is 0 Å². The van der Waals surface area contributed by atoms with Gasteiger partial charge >= 0.3 is 0 Å². The summed E-state index contributed by atoms with van der Waals surface area (Å²) >= 11 is 0. The summed E-state index contributed by atoms with van der Waals surface area (Å²) < 4.78 is 0. The molecule has 1 aliphatic heterocycles. The summed E-state index contributed by atoms with van der Waals surface area (Å²) in [7, 11) is 0. The third-order valence-corrected chi connectivity index (χ3v) is 2.53. The number of fused-ring (bicyclic) bond motifs is 1. The Morgan fingerprint density at radius 2 is 2.30 bits per heavy atom. The molecule has 10 heavy (non-hydrogen) atoms. The lowest BCUT2D eigenvalue weighted by molar-refractivity contribution is 0.577. The molecule has 2 rings (SSSR count). The summed E-state index contributed by atoms with van der Waals surface area (Å²) in [5.74, 6) is 1.65. The molecule has 2 aliphatic rings. The zero-order valence-corrected chi connectivity index (χ0v) is 6.33. The molecule has 0 amide bonds. The molecule has 0 bridgehead atoms. The van der Waals surface area contributed by atoms with E-state index in [9.17, 15) is 0 Å². The van der Waals surface area contributed by atoms with Crippen LogP contribution < -0.4 is 0 Å². The summed E-state index contributed by atoms with van der Waals surface area (Å²) in [5, 5.41) is 0. The van der Waals surface area contributed by atoms with E-state index in [-0.39, 0.29) is 0 Å². The van der Waals surface area contributed by atoms with Gasteiger partial charge in [0.05, 0.1) is 6.04 Å². The first-order valence-electron chi connectivity index (χ1n) is 4.06. The van der Waals surface area contributed by atoms with Crippen molar-refractivity contribution in [3.63, 3.8) is 0 Å². The quantitative estimate of drug-likeness (QED) is 0.482. The molecule has 0 saturated heterocycles. The molecule has 3 atom stereocenters. The van der Waals surface area contributed by atoms with Gasteiger partial charge < -0.3 is 0 Å². The van der Waals surface area contributed by atoms with Gasteiger partial charge in [-0.1, -0.05) is 13.0 Å². The van der Waals surface area contributed by atoms with E-state index in [4.69, 9.17) is 0 Å². The van der Waals surface area contributed by atoms with E-state index < -0.39 is 0 Å². The first-order valence-corrected chi connectivity index (χ1v) is 4.06. The second-order valence-corrected chi connectivity index (χ2v) is 3.49. The van der Waals surface area contributed by atoms with Crippen LogP contribution in [0.2, 0.25) is 0 Å². The molecule has 1 saturated carbocycles. The molecule has 0 aromatic rings. The van der Waals surface area contributed by atoms with Gasteiger partial charge in [0.1, 0.15) is 0 Å². The standard InChI is InChI=1S/C9H13N/c1-7-5-8-3-2-4-10-9(8)6-7/h2-4,7-9H,5-6H2,1H3. The van der Waals surface area contributed by atoms with E-state index in [1.54, 1.807) is 0 Å². The lowest BCUT2D eigenvalue weighted by Crippen LogP contribution is -2.11. The number of aliphatic imine (C=N–C) groups is 1. The van der Waals surface area contributed by atoms with Crippen molar-refractivity contribution >= 4 is 6.21 Å². The van der Waals surface area contributed by atoms with Crippen LogP contribution in [0.3, 0.4) is 0 Å². The van der Waals surface area contributed by atoms with Crippen LogP contribution in [-0.2, 0) is 0 Å². The Labute approximate surface area is 61.9 Å². The SMILES string of the molecule is CC1CC2C=CC=NC2C1. The molecule has 54 valence electrons. The van der Waals surface area contributed by atoms with Crippen LogP contribution in [0.1, 0.15) is 19.8 Å². The Kier molecular flexibility index (Phi) is 1.37. The van der Waals surface area contributed by atoms with Crippen molar-refractivity contribution in [2.75, 3.05) is 0 Å². The Balaban J connectivity index is 2.14. The topological polar surface area (TPSA) is 12.4 Å². The van der Waals surface area contributed by atoms with Gasteiger partial charge in [0.2, 0.25) is 0 Å². The van der Waals surface area contributed by atoms with Gasteiger partial charge in [0.15, 0.2) is 0 Å². The maximum absolute atomic E-state index is 4.43. The highest BCUT2D eigenvalue weighted by atomic mass is 14.8. The molecule has 0 N–H and O–H groups in total. The minimum Gasteiger partial charge on any atom is -0.289 e. The largest absolute Gasteiger partial charge is 0.289 e. The maximum atomic E-state index is 4.43. The lowest BCUT2D eigenvalue weighted by Gasteiger charge is -2.12. The van der Waals surface area contributed by atoms with Crippen molar-refractivity contribution in [3.8, 4) is 0 Å². The van der Waals surface area contributed by atoms with Crippen LogP contribution in [-0.4, -0.2) is 12.3 Å². The van der Waals surface area contributed by atoms with E-state index in [0.717, 1.165) is 11.8 Å². The van der Waals surface area contributed by atoms with Crippen LogP contribution in [0.25, 0.3) is 0 Å². The molecule has 0 aromatic heterocycles. The first kappa shape index (κ1) is 6.14. The fourth-order valence-electron chi connectivity index (χ4n) is 2.04. The van der Waals surface area contributed by atoms with E-state index >= 15 is 0 Å². The number of nitrogens with zero attached hydrogens (tertiary/aromatic N) is 1. The van der Waals surface area contributed by atoms with E-state index in [1.807, 2.05) is 6.21 Å². The molecule has 1 aliphatic carbocycles. The number of hydrogen-bond acceptors (Lipinski definition) is 1. The molecule has 1 heteroatoms. The van der Waals surface area contributed by atoms with Gasteiger partial charge in [0, 0.05) is 6.21 Å². The Hall–Kier alpha value is -0.590. The highest BCUT2D eigenvalue weighted by Gasteiger charge is 2.30. The van der Waals surface area contributed by atoms with Crippen LogP contribution in [0.5, 0.6) is 0 Å². The lowest BCUT2D eigenvalue weighted by atomic mass is 10.0. The number of hydrogen-bond donors (Lipinski definition) is 0. The molecule has 0 aromatic carbocycles. The van der Waals surface area contributed by atoms with Crippen molar-refractivity contribution in [2.24, 2.45) is 16.8 Å². The molecular formula is C9H13N. The first-order chi connectivity index (χ1) is 4.86. The zero-order chi connectivity index (χ0) is 6.97. The summed E-state index contributed by atoms with van der Waals surface area (Å²) in [4.78, 5) is 4.43. The van der Waals surface area contributed by atoms with Crippen molar-refractivity contribution in [2.45, 2.75) is 25.8 Å². The highest BCUT2D eigenvalue weighted by Crippen LogP contribution is 2.34. The average Bonchev–Trinajstić information content (AvgIpc) is 2.27. The molecule has 0 spiro atoms. The predicted molar refractivity (Wildman–Crippen MR) is 43.3 cm³/mol. The summed E-state index contributed by atoms with van der Waals surface area (Å²) in [6, 6.07) is 0.625. The third kappa shape index (κ3) is 0.898. The average molecular weight is 135 g/mol. The normalized spacial score (nSPS) is 43.9. The maximum Gasteiger partial charge on any atom is 0.0564 e. The minimum absolute atomic E-state index is 0.625. The molecule has 0 radical (unpaired) electrons. The summed E-state index contributed by atoms with van der Waals surface area (Å²) in [5.41, 5.74) is 0. The van der Waals surface area contributed by atoms with Gasteiger partial charge in [-0.15, -0.1) is 0 Å². The number of allylic oxidation sites excluding steroid dienone is 1. The van der Waals surface area contributed by atoms with Crippen LogP contribution in [0, 0.1) is 11.8 Å². The second kappa shape index (κ2) is 2.22. The highest BCUT2D eigenvalue weighted by molar-refractivity contribution is 5.72. The van der Waals surface area contributed by atoms with Gasteiger partial charge in [-0.25, -0.2) is 0 Å². The Morgan fingerprint density at radius 3 is 3.10 bits per heavy atom.